The molecule has 3 nitrogen and oxygen atoms in total. The molecule has 0 N–H and O–H groups in total. The Morgan fingerprint density at radius 3 is 0.955 bits per heavy atom. The van der Waals surface area contributed by atoms with Crippen molar-refractivity contribution in [1.29, 1.82) is 0 Å². The molecule has 0 aliphatic heterocycles. The van der Waals surface area contributed by atoms with E-state index in [9.17, 15) is 0 Å². The number of hydrogen-bond acceptors (Lipinski definition) is 2. The first-order chi connectivity index (χ1) is 59.3. The number of hydrogen-bond donors (Lipinski definition) is 0. The molecule has 3 aromatic heterocycles. The van der Waals surface area contributed by atoms with Gasteiger partial charge in [-0.15, -0.1) is 0 Å². The lowest BCUT2D eigenvalue weighted by Gasteiger charge is -2.20. The first kappa shape index (κ1) is 54.0. The number of aromatic nitrogens is 1. The van der Waals surface area contributed by atoms with E-state index >= 15 is 0 Å². The first-order valence-electron chi connectivity index (χ1n) is 42.4. The molecule has 0 saturated carbocycles. The molecule has 20 aromatic carbocycles. The molecule has 3 heterocycles. The van der Waals surface area contributed by atoms with E-state index in [1.54, 1.807) is 0 Å². The number of nitrogens with zero attached hydrogens (tertiary/aromatic N) is 1. The van der Waals surface area contributed by atoms with E-state index in [1.807, 2.05) is 103 Å². The van der Waals surface area contributed by atoms with Gasteiger partial charge in [0.2, 0.25) is 0 Å². The van der Waals surface area contributed by atoms with Gasteiger partial charge in [0.1, 0.15) is 22.3 Å². The molecule has 0 unspecified atom stereocenters. The van der Waals surface area contributed by atoms with Crippen LogP contribution in [0, 0.1) is 0 Å². The predicted octanol–water partition coefficient (Wildman–Crippen LogP) is 30.5. The minimum Gasteiger partial charge on any atom is -0.456 e. The van der Waals surface area contributed by atoms with Gasteiger partial charge in [0.05, 0.1) is 24.7 Å². The van der Waals surface area contributed by atoms with Crippen molar-refractivity contribution in [2.45, 2.75) is 0 Å². The van der Waals surface area contributed by atoms with Crippen LogP contribution in [0.25, 0.3) is 225 Å². The average Bonchev–Trinajstić information content (AvgIpc) is 1.12. The van der Waals surface area contributed by atoms with Crippen molar-refractivity contribution in [2.24, 2.45) is 0 Å². The maximum atomic E-state index is 9.06. The van der Waals surface area contributed by atoms with Crippen LogP contribution < -0.4 is 0 Å². The highest BCUT2D eigenvalue weighted by Gasteiger charge is 2.26. The Labute approximate surface area is 654 Å². The van der Waals surface area contributed by atoms with Crippen LogP contribution in [0.15, 0.2) is 415 Å². The van der Waals surface area contributed by atoms with Crippen molar-refractivity contribution in [3.63, 3.8) is 0 Å². The van der Waals surface area contributed by atoms with Crippen molar-refractivity contribution in [1.82, 2.24) is 4.57 Å². The van der Waals surface area contributed by atoms with Crippen LogP contribution in [0.5, 0.6) is 0 Å². The second kappa shape index (κ2) is 26.1. The lowest BCUT2D eigenvalue weighted by molar-refractivity contribution is 0.668. The quantitative estimate of drug-likeness (QED) is 0.135. The number of fused-ring (bicyclic) bond motifs is 15. The highest BCUT2D eigenvalue weighted by Crippen LogP contribution is 2.53. The van der Waals surface area contributed by atoms with Crippen LogP contribution in [-0.4, -0.2) is 4.57 Å². The molecule has 0 aliphatic rings. The molecular weight excluding hydrogens is 1340 g/mol. The van der Waals surface area contributed by atoms with Gasteiger partial charge in [0, 0.05) is 49.1 Å². The van der Waals surface area contributed by atoms with Gasteiger partial charge in [-0.1, -0.05) is 358 Å². The maximum Gasteiger partial charge on any atom is 0.136 e. The van der Waals surface area contributed by atoms with Crippen molar-refractivity contribution in [3.05, 3.63) is 406 Å². The fourth-order valence-electron chi connectivity index (χ4n) is 17.9. The summed E-state index contributed by atoms with van der Waals surface area (Å²) in [6, 6.07) is 117. The summed E-state index contributed by atoms with van der Waals surface area (Å²) in [5.74, 6) is 0. The summed E-state index contributed by atoms with van der Waals surface area (Å²) in [5.41, 5.74) is 21.2. The van der Waals surface area contributed by atoms with Crippen LogP contribution in [0.3, 0.4) is 0 Å². The van der Waals surface area contributed by atoms with E-state index in [0.717, 1.165) is 192 Å². The molecule has 0 spiro atoms. The molecule has 0 aliphatic carbocycles. The van der Waals surface area contributed by atoms with Crippen LogP contribution >= 0.6 is 0 Å². The molecule has 0 atom stereocenters. The third-order valence-electron chi connectivity index (χ3n) is 22.5. The average molecular weight is 1420 g/mol. The number of benzene rings is 20. The second-order valence-corrected chi connectivity index (χ2v) is 28.3. The lowest BCUT2D eigenvalue weighted by Crippen LogP contribution is -1.94. The normalized spacial score (nSPS) is 13.0. The molecule has 0 amide bonds. The molecule has 0 saturated heterocycles. The number of para-hydroxylation sites is 4. The van der Waals surface area contributed by atoms with Crippen molar-refractivity contribution in [3.8, 4) is 94.7 Å². The van der Waals surface area contributed by atoms with Crippen molar-refractivity contribution in [2.75, 3.05) is 0 Å². The molecule has 0 bridgehead atoms. The Morgan fingerprint density at radius 1 is 0.189 bits per heavy atom. The summed E-state index contributed by atoms with van der Waals surface area (Å²) < 4.78 is 102. The summed E-state index contributed by atoms with van der Waals surface area (Å²) in [6.07, 6.45) is 0. The molecule has 23 aromatic rings. The third-order valence-corrected chi connectivity index (χ3v) is 22.5. The minimum atomic E-state index is -0.409. The Kier molecular flexibility index (Phi) is 12.7. The maximum absolute atomic E-state index is 9.06. The third kappa shape index (κ3) is 10.2. The van der Waals surface area contributed by atoms with Gasteiger partial charge in [-0.3, -0.25) is 0 Å². The standard InChI is InChI=1S/C60H37NO.C48H30O/c1-3-17-38(18-4-1)57-48-22-7-9-24-50(48)58(51-25-10-8-23-49(51)57)46-29-15-28-43-42(46)27-16-30-47(43)59-41(35-36-56-60(59)52-26-12-14-32-55(52)62-56)39-33-34-45-44-21-11-13-31-53(44)61(54(45)37-39)40-19-5-2-6-20-40;1-3-15-31(16-4-1)33-29-30-44-48(42-23-11-12-28-43(42)49-44)47(33)37-27-14-24-34-35(37)25-13-26-36(34)46-40-21-9-7-19-38(40)45(32-17-5-2-6-18-32)39-20-8-10-22-41(39)46/h1-37H;1-30H/i1D,3D,4D,17D,18D;2D,5D,6D,17D,18D. The van der Waals surface area contributed by atoms with Gasteiger partial charge in [0.15, 0.2) is 0 Å². The van der Waals surface area contributed by atoms with Crippen LogP contribution in [0.2, 0.25) is 0 Å². The van der Waals surface area contributed by atoms with Crippen molar-refractivity contribution < 1.29 is 22.5 Å². The molecular formula is C108H67NO2. The number of furan rings is 2. The monoisotopic (exact) mass is 1420 g/mol. The molecule has 516 valence electrons. The summed E-state index contributed by atoms with van der Waals surface area (Å²) >= 11 is 0. The van der Waals surface area contributed by atoms with E-state index in [-0.39, 0.29) is 59.5 Å². The van der Waals surface area contributed by atoms with Crippen LogP contribution in [0.1, 0.15) is 13.7 Å². The lowest BCUT2D eigenvalue weighted by atomic mass is 9.83. The molecule has 0 fully saturated rings. The molecule has 23 rings (SSSR count). The Bertz CT molecular complexity index is 8180. The molecule has 0 radical (unpaired) electrons. The second-order valence-electron chi connectivity index (χ2n) is 28.3. The predicted molar refractivity (Wildman–Crippen MR) is 470 cm³/mol. The summed E-state index contributed by atoms with van der Waals surface area (Å²) in [5, 5.41) is 17.9. The SMILES string of the molecule is [2H]c1c([2H])c([2H])c(-c2c3ccccc3c(-c3cccc4c(-c5c(-c6ccc7c8ccccc8n(-c8ccccc8)c7c6)ccc6oc7ccccc7c56)cccc34)c3ccccc23)c([2H])c1[2H].[2H]c1c([2H])c([2H])c(-c2c3ccccc3c(-c3cccc4c(-c5c(-c6ccccc6)ccc6oc7ccccc7c56)cccc34)c3ccccc23)c([2H])c1[2H]. The Hall–Kier alpha value is -14.6. The Balaban J connectivity index is 0.000000148. The highest BCUT2D eigenvalue weighted by atomic mass is 16.3. The zero-order valence-electron chi connectivity index (χ0n) is 69.7. The zero-order chi connectivity index (χ0) is 81.7. The van der Waals surface area contributed by atoms with Gasteiger partial charge in [0.25, 0.3) is 0 Å². The van der Waals surface area contributed by atoms with E-state index in [2.05, 4.69) is 247 Å². The minimum absolute atomic E-state index is 0.195. The summed E-state index contributed by atoms with van der Waals surface area (Å²) in [6.45, 7) is 0. The van der Waals surface area contributed by atoms with E-state index in [4.69, 9.17) is 22.5 Å². The van der Waals surface area contributed by atoms with E-state index in [0.29, 0.717) is 11.1 Å². The van der Waals surface area contributed by atoms with Crippen molar-refractivity contribution >= 4 is 130 Å². The zero-order valence-corrected chi connectivity index (χ0v) is 59.7. The van der Waals surface area contributed by atoms with Gasteiger partial charge in [-0.25, -0.2) is 0 Å². The van der Waals surface area contributed by atoms with Gasteiger partial charge in [-0.05, 0) is 191 Å². The van der Waals surface area contributed by atoms with Gasteiger partial charge >= 0.3 is 0 Å². The van der Waals surface area contributed by atoms with E-state index < -0.39 is 12.1 Å². The highest BCUT2D eigenvalue weighted by molar-refractivity contribution is 6.28. The number of rotatable bonds is 9. The van der Waals surface area contributed by atoms with E-state index in [1.165, 1.54) is 10.8 Å². The molecule has 3 heteroatoms. The largest absolute Gasteiger partial charge is 0.456 e. The fraction of sp³-hybridized carbons (Fsp3) is 0. The van der Waals surface area contributed by atoms with Crippen LogP contribution in [0.4, 0.5) is 0 Å². The smallest absolute Gasteiger partial charge is 0.136 e. The van der Waals surface area contributed by atoms with Gasteiger partial charge < -0.3 is 13.4 Å². The molecule has 111 heavy (non-hydrogen) atoms. The summed E-state index contributed by atoms with van der Waals surface area (Å²) in [7, 11) is 0. The topological polar surface area (TPSA) is 31.2 Å². The first-order valence-corrected chi connectivity index (χ1v) is 37.4. The fourth-order valence-corrected chi connectivity index (χ4v) is 17.9. The van der Waals surface area contributed by atoms with Crippen LogP contribution in [-0.2, 0) is 0 Å². The Morgan fingerprint density at radius 2 is 0.523 bits per heavy atom. The van der Waals surface area contributed by atoms with Gasteiger partial charge in [-0.2, -0.15) is 0 Å². The summed E-state index contributed by atoms with van der Waals surface area (Å²) in [4.78, 5) is 0.